The predicted octanol–water partition coefficient (Wildman–Crippen LogP) is 3.87. The summed E-state index contributed by atoms with van der Waals surface area (Å²) in [4.78, 5) is 7.67. The van der Waals surface area contributed by atoms with Crippen LogP contribution >= 0.6 is 15.9 Å². The van der Waals surface area contributed by atoms with Gasteiger partial charge >= 0.3 is 6.18 Å². The predicted molar refractivity (Wildman–Crippen MR) is 69.2 cm³/mol. The molecule has 1 aromatic heterocycles. The summed E-state index contributed by atoms with van der Waals surface area (Å²) in [5.41, 5.74) is -0.514. The van der Waals surface area contributed by atoms with Crippen molar-refractivity contribution in [3.63, 3.8) is 0 Å². The van der Waals surface area contributed by atoms with Crippen molar-refractivity contribution in [1.82, 2.24) is 9.97 Å². The van der Waals surface area contributed by atoms with Gasteiger partial charge in [-0.15, -0.1) is 0 Å². The molecular formula is C12H6BrF3N4. The van der Waals surface area contributed by atoms with Crippen molar-refractivity contribution >= 4 is 27.6 Å². The van der Waals surface area contributed by atoms with Gasteiger partial charge in [0, 0.05) is 10.7 Å². The van der Waals surface area contributed by atoms with Crippen LogP contribution in [0.3, 0.4) is 0 Å². The molecule has 0 bridgehead atoms. The van der Waals surface area contributed by atoms with Crippen LogP contribution in [0.2, 0.25) is 0 Å². The number of hydrogen-bond donors (Lipinski definition) is 1. The van der Waals surface area contributed by atoms with E-state index >= 15 is 0 Å². The molecule has 0 aliphatic carbocycles. The van der Waals surface area contributed by atoms with Crippen LogP contribution in [0, 0.1) is 11.3 Å². The highest BCUT2D eigenvalue weighted by molar-refractivity contribution is 9.10. The van der Waals surface area contributed by atoms with Crippen LogP contribution in [0.15, 0.2) is 34.9 Å². The number of hydrogen-bond acceptors (Lipinski definition) is 4. The van der Waals surface area contributed by atoms with Gasteiger partial charge in [0.15, 0.2) is 0 Å². The van der Waals surface area contributed by atoms with Gasteiger partial charge in [-0.1, -0.05) is 0 Å². The lowest BCUT2D eigenvalue weighted by molar-refractivity contribution is -0.137. The van der Waals surface area contributed by atoms with Gasteiger partial charge in [0.05, 0.1) is 11.3 Å². The Hall–Kier alpha value is -2.14. The maximum absolute atomic E-state index is 12.6. The fraction of sp³-hybridized carbons (Fsp3) is 0.0833. The second-order valence-electron chi connectivity index (χ2n) is 3.69. The molecule has 1 N–H and O–H groups in total. The van der Waals surface area contributed by atoms with Crippen molar-refractivity contribution in [3.8, 4) is 6.07 Å². The van der Waals surface area contributed by atoms with E-state index in [2.05, 4.69) is 31.2 Å². The van der Waals surface area contributed by atoms with Crippen LogP contribution in [0.25, 0.3) is 0 Å². The van der Waals surface area contributed by atoms with E-state index < -0.39 is 11.7 Å². The van der Waals surface area contributed by atoms with E-state index in [0.717, 1.165) is 12.1 Å². The summed E-state index contributed by atoms with van der Waals surface area (Å²) in [6.07, 6.45) is -3.10. The molecule has 8 heteroatoms. The molecule has 0 amide bonds. The summed E-state index contributed by atoms with van der Waals surface area (Å²) in [5, 5.41) is 11.3. The Morgan fingerprint density at radius 2 is 2.00 bits per heavy atom. The molecule has 1 aromatic carbocycles. The summed E-state index contributed by atoms with van der Waals surface area (Å²) in [7, 11) is 0. The Morgan fingerprint density at radius 1 is 1.25 bits per heavy atom. The number of nitrogens with zero attached hydrogens (tertiary/aromatic N) is 3. The molecule has 0 saturated carbocycles. The fourth-order valence-corrected chi connectivity index (χ4v) is 1.74. The number of aromatic nitrogens is 2. The maximum Gasteiger partial charge on any atom is 0.416 e. The fourth-order valence-electron chi connectivity index (χ4n) is 1.40. The standard InChI is InChI=1S/C12H6BrF3N4/c13-9-2-1-7(12(14,15)16)5-10(9)20-11-18-4-3-8(6-17)19-11/h1-5H,(H,18,19,20). The molecule has 20 heavy (non-hydrogen) atoms. The largest absolute Gasteiger partial charge is 0.416 e. The van der Waals surface area contributed by atoms with Crippen molar-refractivity contribution < 1.29 is 13.2 Å². The molecule has 0 fully saturated rings. The van der Waals surface area contributed by atoms with Gasteiger partial charge in [0.25, 0.3) is 0 Å². The average molecular weight is 343 g/mol. The molecule has 2 rings (SSSR count). The summed E-state index contributed by atoms with van der Waals surface area (Å²) in [6, 6.07) is 6.39. The highest BCUT2D eigenvalue weighted by Crippen LogP contribution is 2.34. The molecule has 0 spiro atoms. The summed E-state index contributed by atoms with van der Waals surface area (Å²) >= 11 is 3.14. The van der Waals surface area contributed by atoms with Crippen LogP contribution in [0.1, 0.15) is 11.3 Å². The van der Waals surface area contributed by atoms with Crippen LogP contribution in [-0.2, 0) is 6.18 Å². The molecule has 2 aromatic rings. The lowest BCUT2D eigenvalue weighted by Crippen LogP contribution is -2.06. The van der Waals surface area contributed by atoms with Crippen molar-refractivity contribution in [2.24, 2.45) is 0 Å². The number of nitriles is 1. The topological polar surface area (TPSA) is 61.6 Å². The zero-order valence-electron chi connectivity index (χ0n) is 9.74. The molecule has 1 heterocycles. The van der Waals surface area contributed by atoms with Crippen molar-refractivity contribution in [2.75, 3.05) is 5.32 Å². The Morgan fingerprint density at radius 3 is 2.65 bits per heavy atom. The SMILES string of the molecule is N#Cc1ccnc(Nc2cc(C(F)(F)F)ccc2Br)n1. The van der Waals surface area contributed by atoms with Crippen LogP contribution in [-0.4, -0.2) is 9.97 Å². The number of alkyl halides is 3. The van der Waals surface area contributed by atoms with Crippen LogP contribution in [0.5, 0.6) is 0 Å². The molecule has 0 saturated heterocycles. The molecule has 0 atom stereocenters. The zero-order valence-corrected chi connectivity index (χ0v) is 11.3. The van der Waals surface area contributed by atoms with E-state index in [1.165, 1.54) is 18.3 Å². The number of halogens is 4. The molecule has 0 radical (unpaired) electrons. The van der Waals surface area contributed by atoms with E-state index in [-0.39, 0.29) is 17.3 Å². The third kappa shape index (κ3) is 3.24. The number of anilines is 2. The first-order valence-electron chi connectivity index (χ1n) is 5.27. The number of benzene rings is 1. The Kier molecular flexibility index (Phi) is 3.90. The zero-order chi connectivity index (χ0) is 14.8. The number of nitrogens with one attached hydrogen (secondary N) is 1. The molecule has 0 aliphatic heterocycles. The van der Waals surface area contributed by atoms with Gasteiger partial charge in [0.1, 0.15) is 11.8 Å². The van der Waals surface area contributed by atoms with E-state index in [9.17, 15) is 13.2 Å². The average Bonchev–Trinajstić information content (AvgIpc) is 2.40. The Balaban J connectivity index is 2.35. The van der Waals surface area contributed by atoms with E-state index in [0.29, 0.717) is 4.47 Å². The monoisotopic (exact) mass is 342 g/mol. The Bertz CT molecular complexity index is 679. The Labute approximate surface area is 120 Å². The normalized spacial score (nSPS) is 10.9. The minimum Gasteiger partial charge on any atom is -0.323 e. The number of rotatable bonds is 2. The first-order valence-corrected chi connectivity index (χ1v) is 6.06. The lowest BCUT2D eigenvalue weighted by atomic mass is 10.2. The third-order valence-corrected chi connectivity index (χ3v) is 3.00. The van der Waals surface area contributed by atoms with Crippen LogP contribution < -0.4 is 5.32 Å². The van der Waals surface area contributed by atoms with Gasteiger partial charge < -0.3 is 5.32 Å². The molecule has 102 valence electrons. The highest BCUT2D eigenvalue weighted by Gasteiger charge is 2.30. The minimum atomic E-state index is -4.44. The second-order valence-corrected chi connectivity index (χ2v) is 4.55. The minimum absolute atomic E-state index is 0.0454. The highest BCUT2D eigenvalue weighted by atomic mass is 79.9. The summed E-state index contributed by atoms with van der Waals surface area (Å²) < 4.78 is 38.3. The second kappa shape index (κ2) is 5.46. The van der Waals surface area contributed by atoms with Gasteiger partial charge in [0.2, 0.25) is 5.95 Å². The van der Waals surface area contributed by atoms with E-state index in [1.807, 2.05) is 6.07 Å². The molecular weight excluding hydrogens is 337 g/mol. The molecule has 4 nitrogen and oxygen atoms in total. The van der Waals surface area contributed by atoms with Crippen molar-refractivity contribution in [2.45, 2.75) is 6.18 Å². The third-order valence-electron chi connectivity index (χ3n) is 2.31. The first-order chi connectivity index (χ1) is 9.40. The maximum atomic E-state index is 12.6. The van der Waals surface area contributed by atoms with Crippen LogP contribution in [0.4, 0.5) is 24.8 Å². The summed E-state index contributed by atoms with van der Waals surface area (Å²) in [5.74, 6) is 0.0454. The van der Waals surface area contributed by atoms with E-state index in [4.69, 9.17) is 5.26 Å². The smallest absolute Gasteiger partial charge is 0.323 e. The summed E-state index contributed by atoms with van der Waals surface area (Å²) in [6.45, 7) is 0. The quantitative estimate of drug-likeness (QED) is 0.899. The van der Waals surface area contributed by atoms with Gasteiger partial charge in [-0.25, -0.2) is 9.97 Å². The lowest BCUT2D eigenvalue weighted by Gasteiger charge is -2.11. The van der Waals surface area contributed by atoms with E-state index in [1.54, 1.807) is 0 Å². The molecule has 0 unspecified atom stereocenters. The van der Waals surface area contributed by atoms with Gasteiger partial charge in [-0.2, -0.15) is 18.4 Å². The van der Waals surface area contributed by atoms with Gasteiger partial charge in [-0.3, -0.25) is 0 Å². The van der Waals surface area contributed by atoms with Crippen molar-refractivity contribution in [1.29, 1.82) is 5.26 Å². The van der Waals surface area contributed by atoms with Gasteiger partial charge in [-0.05, 0) is 40.2 Å². The molecule has 0 aliphatic rings. The first kappa shape index (κ1) is 14.3. The van der Waals surface area contributed by atoms with Crippen molar-refractivity contribution in [3.05, 3.63) is 46.2 Å².